The van der Waals surface area contributed by atoms with Crippen molar-refractivity contribution in [2.24, 2.45) is 0 Å². The fourth-order valence-corrected chi connectivity index (χ4v) is 6.65. The molecule has 7 aromatic carbocycles. The van der Waals surface area contributed by atoms with Gasteiger partial charge in [0.1, 0.15) is 16.7 Å². The fourth-order valence-electron chi connectivity index (χ4n) is 6.65. The van der Waals surface area contributed by atoms with E-state index in [9.17, 15) is 0 Å². The molecule has 2 aromatic heterocycles. The zero-order valence-electron chi connectivity index (χ0n) is 21.5. The van der Waals surface area contributed by atoms with Gasteiger partial charge >= 0.3 is 0 Å². The summed E-state index contributed by atoms with van der Waals surface area (Å²) < 4.78 is 12.7. The highest BCUT2D eigenvalue weighted by Gasteiger charge is 2.22. The summed E-state index contributed by atoms with van der Waals surface area (Å²) in [4.78, 5) is 0. The molecule has 0 unspecified atom stereocenters. The van der Waals surface area contributed by atoms with Crippen LogP contribution in [0.1, 0.15) is 0 Å². The Morgan fingerprint density at radius 2 is 0.950 bits per heavy atom. The molecule has 0 saturated carbocycles. The molecule has 0 aliphatic rings. The zero-order valence-corrected chi connectivity index (χ0v) is 21.5. The maximum Gasteiger partial charge on any atom is 0.143 e. The first-order chi connectivity index (χ1) is 19.9. The van der Waals surface area contributed by atoms with E-state index in [1.54, 1.807) is 0 Å². The number of rotatable bonds is 2. The van der Waals surface area contributed by atoms with Crippen LogP contribution in [0.3, 0.4) is 0 Å². The van der Waals surface area contributed by atoms with E-state index in [4.69, 9.17) is 8.83 Å². The van der Waals surface area contributed by atoms with Crippen molar-refractivity contribution in [1.29, 1.82) is 0 Å². The summed E-state index contributed by atoms with van der Waals surface area (Å²) in [6.45, 7) is 0. The zero-order chi connectivity index (χ0) is 26.2. The van der Waals surface area contributed by atoms with Crippen LogP contribution in [0.25, 0.3) is 87.5 Å². The standard InChI is InChI=1S/C38H22O2/c1-2-11-24-23(10-1)20-21-34-37(24)32(22-39-34)36-28-15-5-3-13-26(28)35(27-14-4-6-16-29(27)36)31-18-9-17-30-25-12-7-8-19-33(25)40-38(30)31/h1-22H. The molecule has 0 atom stereocenters. The van der Waals surface area contributed by atoms with Gasteiger partial charge in [-0.3, -0.25) is 0 Å². The molecule has 40 heavy (non-hydrogen) atoms. The Hall–Kier alpha value is -5.34. The first-order valence-corrected chi connectivity index (χ1v) is 13.6. The summed E-state index contributed by atoms with van der Waals surface area (Å²) in [5.41, 5.74) is 7.35. The second kappa shape index (κ2) is 8.08. The lowest BCUT2D eigenvalue weighted by atomic mass is 9.85. The van der Waals surface area contributed by atoms with E-state index < -0.39 is 0 Å². The molecule has 2 heterocycles. The van der Waals surface area contributed by atoms with E-state index >= 15 is 0 Å². The number of para-hydroxylation sites is 2. The third-order valence-corrected chi connectivity index (χ3v) is 8.34. The van der Waals surface area contributed by atoms with Crippen LogP contribution in [0.4, 0.5) is 0 Å². The highest BCUT2D eigenvalue weighted by Crippen LogP contribution is 2.48. The monoisotopic (exact) mass is 510 g/mol. The lowest BCUT2D eigenvalue weighted by Crippen LogP contribution is -1.91. The molecule has 0 spiro atoms. The lowest BCUT2D eigenvalue weighted by molar-refractivity contribution is 0.617. The molecular formula is C38H22O2. The summed E-state index contributed by atoms with van der Waals surface area (Å²) in [7, 11) is 0. The molecule has 2 heteroatoms. The minimum Gasteiger partial charge on any atom is -0.464 e. The van der Waals surface area contributed by atoms with Crippen LogP contribution in [0.5, 0.6) is 0 Å². The average molecular weight is 511 g/mol. The Balaban J connectivity index is 1.46. The number of furan rings is 2. The van der Waals surface area contributed by atoms with Crippen molar-refractivity contribution in [2.75, 3.05) is 0 Å². The average Bonchev–Trinajstić information content (AvgIpc) is 3.62. The maximum absolute atomic E-state index is 6.53. The number of fused-ring (bicyclic) bond motifs is 8. The third kappa shape index (κ3) is 2.88. The Kier molecular flexibility index (Phi) is 4.36. The first-order valence-electron chi connectivity index (χ1n) is 13.6. The third-order valence-electron chi connectivity index (χ3n) is 8.34. The van der Waals surface area contributed by atoms with Crippen molar-refractivity contribution >= 4 is 65.2 Å². The summed E-state index contributed by atoms with van der Waals surface area (Å²) in [5, 5.41) is 10.6. The second-order valence-corrected chi connectivity index (χ2v) is 10.4. The Morgan fingerprint density at radius 3 is 1.68 bits per heavy atom. The quantitative estimate of drug-likeness (QED) is 0.216. The molecule has 0 saturated heterocycles. The SMILES string of the molecule is c1ccc2c(c1)ccc1occ(-c3c4ccccc4c(-c4cccc5c4oc4ccccc45)c4ccccc34)c12. The van der Waals surface area contributed by atoms with E-state index in [2.05, 4.69) is 115 Å². The molecule has 0 bridgehead atoms. The molecule has 2 nitrogen and oxygen atoms in total. The van der Waals surface area contributed by atoms with E-state index in [1.165, 1.54) is 43.4 Å². The van der Waals surface area contributed by atoms with Gasteiger partial charge in [-0.05, 0) is 44.5 Å². The van der Waals surface area contributed by atoms with Crippen LogP contribution in [0.15, 0.2) is 142 Å². The van der Waals surface area contributed by atoms with Crippen molar-refractivity contribution in [3.63, 3.8) is 0 Å². The molecular weight excluding hydrogens is 488 g/mol. The van der Waals surface area contributed by atoms with Crippen molar-refractivity contribution < 1.29 is 8.83 Å². The van der Waals surface area contributed by atoms with Gasteiger partial charge in [0.15, 0.2) is 0 Å². The molecule has 0 amide bonds. The van der Waals surface area contributed by atoms with Crippen molar-refractivity contribution in [3.05, 3.63) is 134 Å². The van der Waals surface area contributed by atoms with Gasteiger partial charge in [0, 0.05) is 38.4 Å². The van der Waals surface area contributed by atoms with Crippen molar-refractivity contribution in [1.82, 2.24) is 0 Å². The molecule has 9 aromatic rings. The van der Waals surface area contributed by atoms with Crippen LogP contribution in [0.2, 0.25) is 0 Å². The molecule has 0 fully saturated rings. The Bertz CT molecular complexity index is 2380. The van der Waals surface area contributed by atoms with Gasteiger partial charge in [-0.1, -0.05) is 115 Å². The van der Waals surface area contributed by atoms with Crippen LogP contribution in [-0.2, 0) is 0 Å². The van der Waals surface area contributed by atoms with Crippen molar-refractivity contribution in [3.8, 4) is 22.3 Å². The molecule has 0 N–H and O–H groups in total. The Labute approximate surface area is 229 Å². The predicted molar refractivity (Wildman–Crippen MR) is 167 cm³/mol. The van der Waals surface area contributed by atoms with Crippen LogP contribution < -0.4 is 0 Å². The summed E-state index contributed by atoms with van der Waals surface area (Å²) in [6, 6.07) is 45.0. The second-order valence-electron chi connectivity index (χ2n) is 10.4. The van der Waals surface area contributed by atoms with Gasteiger partial charge in [0.2, 0.25) is 0 Å². The van der Waals surface area contributed by atoms with Gasteiger partial charge in [-0.25, -0.2) is 0 Å². The number of hydrogen-bond acceptors (Lipinski definition) is 2. The van der Waals surface area contributed by atoms with E-state index in [0.717, 1.165) is 44.0 Å². The Morgan fingerprint density at radius 1 is 0.375 bits per heavy atom. The first kappa shape index (κ1) is 21.6. The van der Waals surface area contributed by atoms with Crippen molar-refractivity contribution in [2.45, 2.75) is 0 Å². The molecule has 186 valence electrons. The van der Waals surface area contributed by atoms with Gasteiger partial charge in [-0.2, -0.15) is 0 Å². The highest BCUT2D eigenvalue weighted by atomic mass is 16.3. The molecule has 9 rings (SSSR count). The summed E-state index contributed by atoms with van der Waals surface area (Å²) in [5.74, 6) is 0. The maximum atomic E-state index is 6.53. The smallest absolute Gasteiger partial charge is 0.143 e. The van der Waals surface area contributed by atoms with Gasteiger partial charge in [0.05, 0.1) is 6.26 Å². The normalized spacial score (nSPS) is 12.0. The topological polar surface area (TPSA) is 26.3 Å². The van der Waals surface area contributed by atoms with E-state index in [-0.39, 0.29) is 0 Å². The number of benzene rings is 7. The minimum absolute atomic E-state index is 0.901. The fraction of sp³-hybridized carbons (Fsp3) is 0. The highest BCUT2D eigenvalue weighted by molar-refractivity contribution is 6.27. The lowest BCUT2D eigenvalue weighted by Gasteiger charge is -2.17. The van der Waals surface area contributed by atoms with E-state index in [0.29, 0.717) is 0 Å². The minimum atomic E-state index is 0.901. The van der Waals surface area contributed by atoms with Crippen LogP contribution in [0, 0.1) is 0 Å². The number of hydrogen-bond donors (Lipinski definition) is 0. The van der Waals surface area contributed by atoms with Gasteiger partial charge in [0.25, 0.3) is 0 Å². The molecule has 0 radical (unpaired) electrons. The van der Waals surface area contributed by atoms with Crippen LogP contribution >= 0.6 is 0 Å². The summed E-state index contributed by atoms with van der Waals surface area (Å²) in [6.07, 6.45) is 1.94. The molecule has 0 aliphatic heterocycles. The van der Waals surface area contributed by atoms with Crippen LogP contribution in [-0.4, -0.2) is 0 Å². The summed E-state index contributed by atoms with van der Waals surface area (Å²) >= 11 is 0. The predicted octanol–water partition coefficient (Wildman–Crippen LogP) is 11.1. The van der Waals surface area contributed by atoms with Gasteiger partial charge in [-0.15, -0.1) is 0 Å². The largest absolute Gasteiger partial charge is 0.464 e. The van der Waals surface area contributed by atoms with Gasteiger partial charge < -0.3 is 8.83 Å². The van der Waals surface area contributed by atoms with E-state index in [1.807, 2.05) is 18.4 Å². The molecule has 0 aliphatic carbocycles.